The van der Waals surface area contributed by atoms with Crippen molar-refractivity contribution >= 4 is 17.3 Å². The fraction of sp³-hybridized carbons (Fsp3) is 0.632. The van der Waals surface area contributed by atoms with E-state index in [-0.39, 0.29) is 11.8 Å². The predicted octanol–water partition coefficient (Wildman–Crippen LogP) is 5.00. The highest BCUT2D eigenvalue weighted by Gasteiger charge is 2.16. The molecule has 1 N–H and O–H groups in total. The van der Waals surface area contributed by atoms with Crippen LogP contribution >= 0.6 is 0 Å². The van der Waals surface area contributed by atoms with Crippen molar-refractivity contribution in [3.05, 3.63) is 23.8 Å². The standard InChI is InChI=1S/C19H32N2O/c1-6-10-11-16(7-2)19(22)20-18-13-12-17(14-15(18)5)21(8-3)9-4/h12-14,16H,6-11H2,1-5H3,(H,20,22)/t16-/m0/s1. The summed E-state index contributed by atoms with van der Waals surface area (Å²) in [6, 6.07) is 6.30. The second-order valence-corrected chi connectivity index (χ2v) is 5.91. The molecule has 1 amide bonds. The van der Waals surface area contributed by atoms with Gasteiger partial charge in [0.1, 0.15) is 0 Å². The summed E-state index contributed by atoms with van der Waals surface area (Å²) < 4.78 is 0. The van der Waals surface area contributed by atoms with Crippen molar-refractivity contribution < 1.29 is 4.79 Å². The molecule has 0 spiro atoms. The molecule has 0 aromatic heterocycles. The number of amides is 1. The number of hydrogen-bond acceptors (Lipinski definition) is 2. The van der Waals surface area contributed by atoms with Crippen LogP contribution in [-0.2, 0) is 4.79 Å². The molecule has 0 aliphatic rings. The molecule has 0 saturated carbocycles. The minimum Gasteiger partial charge on any atom is -0.372 e. The maximum absolute atomic E-state index is 12.4. The zero-order valence-corrected chi connectivity index (χ0v) is 14.9. The fourth-order valence-corrected chi connectivity index (χ4v) is 2.78. The van der Waals surface area contributed by atoms with Crippen LogP contribution < -0.4 is 10.2 Å². The summed E-state index contributed by atoms with van der Waals surface area (Å²) in [6.07, 6.45) is 4.14. The first kappa shape index (κ1) is 18.5. The molecule has 3 heteroatoms. The summed E-state index contributed by atoms with van der Waals surface area (Å²) in [5.41, 5.74) is 3.29. The van der Waals surface area contributed by atoms with Crippen LogP contribution in [0.5, 0.6) is 0 Å². The maximum atomic E-state index is 12.4. The quantitative estimate of drug-likeness (QED) is 0.696. The molecule has 0 unspecified atom stereocenters. The number of unbranched alkanes of at least 4 members (excludes halogenated alkanes) is 1. The number of benzene rings is 1. The molecule has 0 bridgehead atoms. The third kappa shape index (κ3) is 5.04. The Bertz CT molecular complexity index is 467. The van der Waals surface area contributed by atoms with Crippen LogP contribution in [0.1, 0.15) is 58.9 Å². The Morgan fingerprint density at radius 3 is 2.36 bits per heavy atom. The minimum atomic E-state index is 0.127. The molecule has 1 aromatic carbocycles. The average Bonchev–Trinajstić information content (AvgIpc) is 2.52. The van der Waals surface area contributed by atoms with Crippen LogP contribution in [0.15, 0.2) is 18.2 Å². The molecule has 0 fully saturated rings. The van der Waals surface area contributed by atoms with E-state index in [0.29, 0.717) is 0 Å². The van der Waals surface area contributed by atoms with E-state index in [9.17, 15) is 4.79 Å². The van der Waals surface area contributed by atoms with Gasteiger partial charge in [-0.1, -0.05) is 26.7 Å². The molecular weight excluding hydrogens is 272 g/mol. The van der Waals surface area contributed by atoms with Gasteiger partial charge in [0.2, 0.25) is 5.91 Å². The lowest BCUT2D eigenvalue weighted by Crippen LogP contribution is -2.24. The van der Waals surface area contributed by atoms with E-state index in [1.807, 2.05) is 6.07 Å². The van der Waals surface area contributed by atoms with Gasteiger partial charge in [0.15, 0.2) is 0 Å². The van der Waals surface area contributed by atoms with Crippen LogP contribution in [-0.4, -0.2) is 19.0 Å². The van der Waals surface area contributed by atoms with E-state index in [2.05, 4.69) is 57.0 Å². The summed E-state index contributed by atoms with van der Waals surface area (Å²) in [4.78, 5) is 14.7. The van der Waals surface area contributed by atoms with Crippen LogP contribution in [0.3, 0.4) is 0 Å². The molecule has 1 rings (SSSR count). The lowest BCUT2D eigenvalue weighted by Gasteiger charge is -2.22. The molecule has 22 heavy (non-hydrogen) atoms. The molecule has 0 aliphatic carbocycles. The Kier molecular flexibility index (Phi) is 8.00. The summed E-state index contributed by atoms with van der Waals surface area (Å²) in [6.45, 7) is 12.6. The molecule has 124 valence electrons. The molecule has 3 nitrogen and oxygen atoms in total. The van der Waals surface area contributed by atoms with E-state index in [4.69, 9.17) is 0 Å². The van der Waals surface area contributed by atoms with Gasteiger partial charge in [0.05, 0.1) is 0 Å². The van der Waals surface area contributed by atoms with Crippen molar-refractivity contribution in [1.82, 2.24) is 0 Å². The van der Waals surface area contributed by atoms with Crippen LogP contribution in [0, 0.1) is 12.8 Å². The molecule has 1 atom stereocenters. The van der Waals surface area contributed by atoms with Gasteiger partial charge in [0.25, 0.3) is 0 Å². The number of carbonyl (C=O) groups excluding carboxylic acids is 1. The zero-order chi connectivity index (χ0) is 16.5. The topological polar surface area (TPSA) is 32.3 Å². The number of carbonyl (C=O) groups is 1. The van der Waals surface area contributed by atoms with Gasteiger partial charge in [-0.25, -0.2) is 0 Å². The number of nitrogens with zero attached hydrogens (tertiary/aromatic N) is 1. The second-order valence-electron chi connectivity index (χ2n) is 5.91. The van der Waals surface area contributed by atoms with Crippen LogP contribution in [0.4, 0.5) is 11.4 Å². The average molecular weight is 304 g/mol. The van der Waals surface area contributed by atoms with E-state index in [1.54, 1.807) is 0 Å². The largest absolute Gasteiger partial charge is 0.372 e. The second kappa shape index (κ2) is 9.50. The van der Waals surface area contributed by atoms with Crippen molar-refractivity contribution in [3.8, 4) is 0 Å². The van der Waals surface area contributed by atoms with Crippen molar-refractivity contribution in [1.29, 1.82) is 0 Å². The summed E-state index contributed by atoms with van der Waals surface area (Å²) in [7, 11) is 0. The van der Waals surface area contributed by atoms with E-state index in [1.165, 1.54) is 5.69 Å². The van der Waals surface area contributed by atoms with Gasteiger partial charge >= 0.3 is 0 Å². The van der Waals surface area contributed by atoms with Crippen molar-refractivity contribution in [2.45, 2.75) is 60.3 Å². The fourth-order valence-electron chi connectivity index (χ4n) is 2.78. The first-order valence-electron chi connectivity index (χ1n) is 8.73. The monoisotopic (exact) mass is 304 g/mol. The first-order valence-corrected chi connectivity index (χ1v) is 8.73. The van der Waals surface area contributed by atoms with Crippen molar-refractivity contribution in [3.63, 3.8) is 0 Å². The van der Waals surface area contributed by atoms with Crippen molar-refractivity contribution in [2.75, 3.05) is 23.3 Å². The Morgan fingerprint density at radius 1 is 1.18 bits per heavy atom. The number of anilines is 2. The zero-order valence-electron chi connectivity index (χ0n) is 14.9. The van der Waals surface area contributed by atoms with E-state index in [0.717, 1.165) is 50.0 Å². The van der Waals surface area contributed by atoms with Gasteiger partial charge in [-0.15, -0.1) is 0 Å². The normalized spacial score (nSPS) is 12.0. The number of aryl methyl sites for hydroxylation is 1. The van der Waals surface area contributed by atoms with Gasteiger partial charge in [-0.05, 0) is 57.4 Å². The highest BCUT2D eigenvalue weighted by atomic mass is 16.1. The summed E-state index contributed by atoms with van der Waals surface area (Å²) in [5.74, 6) is 0.288. The molecule has 0 aliphatic heterocycles. The highest BCUT2D eigenvalue weighted by molar-refractivity contribution is 5.93. The first-order chi connectivity index (χ1) is 10.6. The SMILES string of the molecule is CCCC[C@H](CC)C(=O)Nc1ccc(N(CC)CC)cc1C. The lowest BCUT2D eigenvalue weighted by molar-refractivity contribution is -0.120. The lowest BCUT2D eigenvalue weighted by atomic mass is 9.98. The van der Waals surface area contributed by atoms with Crippen molar-refractivity contribution in [2.24, 2.45) is 5.92 Å². The van der Waals surface area contributed by atoms with E-state index >= 15 is 0 Å². The van der Waals surface area contributed by atoms with Gasteiger partial charge in [0, 0.05) is 30.4 Å². The number of rotatable bonds is 9. The molecule has 0 saturated heterocycles. The third-order valence-electron chi connectivity index (χ3n) is 4.37. The van der Waals surface area contributed by atoms with Gasteiger partial charge in [-0.2, -0.15) is 0 Å². The number of hydrogen-bond donors (Lipinski definition) is 1. The third-order valence-corrected chi connectivity index (χ3v) is 4.37. The predicted molar refractivity (Wildman–Crippen MR) is 96.7 cm³/mol. The highest BCUT2D eigenvalue weighted by Crippen LogP contribution is 2.24. The summed E-state index contributed by atoms with van der Waals surface area (Å²) in [5, 5.41) is 3.11. The minimum absolute atomic E-state index is 0.127. The molecular formula is C19H32N2O. The Hall–Kier alpha value is -1.51. The smallest absolute Gasteiger partial charge is 0.227 e. The maximum Gasteiger partial charge on any atom is 0.227 e. The molecule has 0 heterocycles. The molecule has 1 aromatic rings. The summed E-state index contributed by atoms with van der Waals surface area (Å²) >= 11 is 0. The van der Waals surface area contributed by atoms with Gasteiger partial charge < -0.3 is 10.2 Å². The van der Waals surface area contributed by atoms with Crippen LogP contribution in [0.2, 0.25) is 0 Å². The Labute approximate surface area is 136 Å². The Balaban J connectivity index is 2.79. The van der Waals surface area contributed by atoms with E-state index < -0.39 is 0 Å². The van der Waals surface area contributed by atoms with Crippen LogP contribution in [0.25, 0.3) is 0 Å². The number of nitrogens with one attached hydrogen (secondary N) is 1. The van der Waals surface area contributed by atoms with Gasteiger partial charge in [-0.3, -0.25) is 4.79 Å². The molecule has 0 radical (unpaired) electrons. The Morgan fingerprint density at radius 2 is 1.86 bits per heavy atom.